The number of nitrogens with one attached hydrogen (secondary N) is 3. The molecule has 9 heteroatoms. The number of nitriles is 1. The minimum atomic E-state index is -1.09. The van der Waals surface area contributed by atoms with Crippen LogP contribution in [0.5, 0.6) is 0 Å². The summed E-state index contributed by atoms with van der Waals surface area (Å²) in [6.07, 6.45) is -1.09. The lowest BCUT2D eigenvalue weighted by Crippen LogP contribution is -2.52. The number of aliphatic hydroxyl groups excluding tert-OH is 1. The molecule has 2 aromatic rings. The molecule has 4 N–H and O–H groups in total. The van der Waals surface area contributed by atoms with E-state index in [4.69, 9.17) is 23.4 Å². The summed E-state index contributed by atoms with van der Waals surface area (Å²) in [5.74, 6) is -1.26. The van der Waals surface area contributed by atoms with Gasteiger partial charge in [0.2, 0.25) is 5.69 Å². The van der Waals surface area contributed by atoms with Crippen molar-refractivity contribution >= 4 is 34.8 Å². The highest BCUT2D eigenvalue weighted by Gasteiger charge is 2.24. The van der Waals surface area contributed by atoms with Gasteiger partial charge in [0.15, 0.2) is 0 Å². The summed E-state index contributed by atoms with van der Waals surface area (Å²) in [5, 5.41) is 21.7. The van der Waals surface area contributed by atoms with Crippen molar-refractivity contribution in [1.29, 1.82) is 5.26 Å². The minimum Gasteiger partial charge on any atom is -0.391 e. The second kappa shape index (κ2) is 9.38. The number of carbonyl (C=O) groups is 2. The quantitative estimate of drug-likeness (QED) is 0.456. The Kier molecular flexibility index (Phi) is 6.94. The summed E-state index contributed by atoms with van der Waals surface area (Å²) >= 11 is 5.97. The number of hydrazine groups is 1. The number of halogens is 1. The highest BCUT2D eigenvalue weighted by molar-refractivity contribution is 6.33. The molecule has 2 aromatic carbocycles. The Bertz CT molecular complexity index is 961. The van der Waals surface area contributed by atoms with Crippen LogP contribution >= 0.6 is 11.6 Å². The lowest BCUT2D eigenvalue weighted by molar-refractivity contribution is -0.124. The predicted molar refractivity (Wildman–Crippen MR) is 104 cm³/mol. The highest BCUT2D eigenvalue weighted by Crippen LogP contribution is 2.28. The van der Waals surface area contributed by atoms with Crippen molar-refractivity contribution in [3.8, 4) is 6.07 Å². The third kappa shape index (κ3) is 5.21. The van der Waals surface area contributed by atoms with E-state index in [9.17, 15) is 14.7 Å². The van der Waals surface area contributed by atoms with Crippen molar-refractivity contribution in [3.05, 3.63) is 70.0 Å². The van der Waals surface area contributed by atoms with Gasteiger partial charge in [-0.25, -0.2) is 4.85 Å². The zero-order chi connectivity index (χ0) is 20.7. The van der Waals surface area contributed by atoms with Gasteiger partial charge in [0.25, 0.3) is 11.8 Å². The van der Waals surface area contributed by atoms with Crippen molar-refractivity contribution in [1.82, 2.24) is 10.9 Å². The molecule has 0 bridgehead atoms. The van der Waals surface area contributed by atoms with Gasteiger partial charge in [-0.1, -0.05) is 17.7 Å². The molecule has 0 spiro atoms. The number of aliphatic hydroxyl groups is 1. The Morgan fingerprint density at radius 3 is 2.43 bits per heavy atom. The molecule has 0 saturated carbocycles. The number of benzene rings is 2. The minimum absolute atomic E-state index is 0.207. The average molecular weight is 398 g/mol. The Hall–Kier alpha value is -3.59. The zero-order valence-corrected chi connectivity index (χ0v) is 15.5. The largest absolute Gasteiger partial charge is 0.391 e. The monoisotopic (exact) mass is 397 g/mol. The number of nitrogens with zero attached hydrogens (tertiary/aromatic N) is 2. The molecular weight excluding hydrogens is 382 g/mol. The van der Waals surface area contributed by atoms with Crippen LogP contribution in [0.4, 0.5) is 11.4 Å². The Balaban J connectivity index is 2.02. The van der Waals surface area contributed by atoms with Crippen molar-refractivity contribution in [2.45, 2.75) is 19.1 Å². The van der Waals surface area contributed by atoms with E-state index in [1.54, 1.807) is 6.07 Å². The van der Waals surface area contributed by atoms with Gasteiger partial charge in [-0.15, -0.1) is 0 Å². The molecule has 142 valence electrons. The first-order valence-electron chi connectivity index (χ1n) is 8.07. The Morgan fingerprint density at radius 1 is 1.21 bits per heavy atom. The number of hydrogen-bond donors (Lipinski definition) is 4. The van der Waals surface area contributed by atoms with Gasteiger partial charge in [-0.05, 0) is 43.3 Å². The smallest absolute Gasteiger partial charge is 0.269 e. The molecule has 2 atom stereocenters. The maximum atomic E-state index is 12.4. The van der Waals surface area contributed by atoms with Crippen LogP contribution in [-0.4, -0.2) is 29.1 Å². The van der Waals surface area contributed by atoms with Gasteiger partial charge in [-0.3, -0.25) is 20.4 Å². The van der Waals surface area contributed by atoms with Gasteiger partial charge in [0, 0.05) is 16.3 Å². The van der Waals surface area contributed by atoms with Crippen molar-refractivity contribution < 1.29 is 14.7 Å². The average Bonchev–Trinajstić information content (AvgIpc) is 2.69. The maximum Gasteiger partial charge on any atom is 0.269 e. The first-order chi connectivity index (χ1) is 13.3. The van der Waals surface area contributed by atoms with Crippen LogP contribution in [0.2, 0.25) is 5.02 Å². The zero-order valence-electron chi connectivity index (χ0n) is 14.7. The van der Waals surface area contributed by atoms with E-state index in [1.165, 1.54) is 43.3 Å². The van der Waals surface area contributed by atoms with Crippen LogP contribution in [0.3, 0.4) is 0 Å². The molecule has 0 fully saturated rings. The van der Waals surface area contributed by atoms with Gasteiger partial charge < -0.3 is 10.4 Å². The second-order valence-corrected chi connectivity index (χ2v) is 6.18. The normalized spacial score (nSPS) is 12.0. The molecule has 0 aliphatic heterocycles. The molecule has 28 heavy (non-hydrogen) atoms. The van der Waals surface area contributed by atoms with Gasteiger partial charge in [0.05, 0.1) is 24.3 Å². The van der Waals surface area contributed by atoms with Crippen molar-refractivity contribution in [2.75, 3.05) is 5.32 Å². The van der Waals surface area contributed by atoms with Crippen LogP contribution in [0.15, 0.2) is 42.5 Å². The van der Waals surface area contributed by atoms with Crippen LogP contribution in [0.1, 0.15) is 22.8 Å². The highest BCUT2D eigenvalue weighted by atomic mass is 35.5. The molecule has 0 heterocycles. The molecule has 0 aromatic heterocycles. The van der Waals surface area contributed by atoms with Crippen LogP contribution in [0.25, 0.3) is 4.85 Å². The number of anilines is 1. The number of hydrogen-bond acceptors (Lipinski definition) is 5. The second-order valence-electron chi connectivity index (χ2n) is 5.77. The van der Waals surface area contributed by atoms with Crippen LogP contribution in [0, 0.1) is 17.9 Å². The van der Waals surface area contributed by atoms with E-state index in [0.29, 0.717) is 11.3 Å². The summed E-state index contributed by atoms with van der Waals surface area (Å²) in [5.41, 5.74) is 5.84. The molecule has 8 nitrogen and oxygen atoms in total. The van der Waals surface area contributed by atoms with E-state index < -0.39 is 24.0 Å². The van der Waals surface area contributed by atoms with Gasteiger partial charge >= 0.3 is 0 Å². The van der Waals surface area contributed by atoms with Crippen LogP contribution in [-0.2, 0) is 4.79 Å². The van der Waals surface area contributed by atoms with Gasteiger partial charge in [0.1, 0.15) is 6.04 Å². The van der Waals surface area contributed by atoms with E-state index in [2.05, 4.69) is 21.0 Å². The summed E-state index contributed by atoms with van der Waals surface area (Å²) in [6.45, 7) is 8.39. The van der Waals surface area contributed by atoms with Crippen molar-refractivity contribution in [3.63, 3.8) is 0 Å². The summed E-state index contributed by atoms with van der Waals surface area (Å²) in [4.78, 5) is 27.7. The first kappa shape index (κ1) is 20.7. The Labute approximate surface area is 166 Å². The predicted octanol–water partition coefficient (Wildman–Crippen LogP) is 2.38. The molecule has 0 aliphatic rings. The van der Waals surface area contributed by atoms with Gasteiger partial charge in [-0.2, -0.15) is 5.26 Å². The van der Waals surface area contributed by atoms with Crippen molar-refractivity contribution in [2.24, 2.45) is 0 Å². The molecule has 0 unspecified atom stereocenters. The van der Waals surface area contributed by atoms with Crippen LogP contribution < -0.4 is 16.2 Å². The standard InChI is InChI=1S/C19H16ClN5O3/c1-11(26)17(23-14-7-8-16(22-2)15(20)9-14)19(28)25-24-18(27)13-5-3-12(10-21)4-6-13/h3-9,11,17,23,26H,1H3,(H,24,27)(H,25,28)/t11-,17-/m1/s1. The lowest BCUT2D eigenvalue weighted by atomic mass is 10.1. The lowest BCUT2D eigenvalue weighted by Gasteiger charge is -2.22. The third-order valence-corrected chi connectivity index (χ3v) is 4.03. The fourth-order valence-electron chi connectivity index (χ4n) is 2.24. The van der Waals surface area contributed by atoms with E-state index in [1.807, 2.05) is 6.07 Å². The fourth-order valence-corrected chi connectivity index (χ4v) is 2.46. The summed E-state index contributed by atoms with van der Waals surface area (Å²) in [6, 6.07) is 11.2. The number of carbonyl (C=O) groups excluding carboxylic acids is 2. The van der Waals surface area contributed by atoms with E-state index >= 15 is 0 Å². The molecular formula is C19H16ClN5O3. The molecule has 0 saturated heterocycles. The Morgan fingerprint density at radius 2 is 1.89 bits per heavy atom. The topological polar surface area (TPSA) is 119 Å². The fraction of sp³-hybridized carbons (Fsp3) is 0.158. The third-order valence-electron chi connectivity index (χ3n) is 3.73. The molecule has 2 amide bonds. The SMILES string of the molecule is [C-]#[N+]c1ccc(N[C@@H](C(=O)NNC(=O)c2ccc(C#N)cc2)[C@@H](C)O)cc1Cl. The summed E-state index contributed by atoms with van der Waals surface area (Å²) < 4.78 is 0. The number of rotatable bonds is 5. The molecule has 2 rings (SSSR count). The molecule has 0 radical (unpaired) electrons. The molecule has 0 aliphatic carbocycles. The first-order valence-corrected chi connectivity index (χ1v) is 8.45. The van der Waals surface area contributed by atoms with E-state index in [0.717, 1.165) is 0 Å². The van der Waals surface area contributed by atoms with E-state index in [-0.39, 0.29) is 16.3 Å². The number of amides is 2. The maximum absolute atomic E-state index is 12.4. The summed E-state index contributed by atoms with van der Waals surface area (Å²) in [7, 11) is 0.